The number of hydrogen-bond donors (Lipinski definition) is 1. The molecule has 0 aliphatic heterocycles. The molecule has 2 aromatic rings. The largest absolute Gasteiger partial charge is 0.550 e. The first-order chi connectivity index (χ1) is 13.7. The Kier molecular flexibility index (Phi) is 7.57. The van der Waals surface area contributed by atoms with Gasteiger partial charge in [-0.3, -0.25) is 9.78 Å². The highest BCUT2D eigenvalue weighted by Crippen LogP contribution is 2.16. The zero-order valence-electron chi connectivity index (χ0n) is 16.0. The van der Waals surface area contributed by atoms with Crippen LogP contribution in [0, 0.1) is 0 Å². The zero-order valence-corrected chi connectivity index (χ0v) is 16.8. The Morgan fingerprint density at radius 1 is 1.10 bits per heavy atom. The number of aliphatic carboxylic acids is 1. The Balaban J connectivity index is 2.04. The fourth-order valence-corrected chi connectivity index (χ4v) is 3.59. The third-order valence-electron chi connectivity index (χ3n) is 4.10. The van der Waals surface area contributed by atoms with Crippen LogP contribution >= 0.6 is 0 Å². The van der Waals surface area contributed by atoms with Crippen LogP contribution in [0.3, 0.4) is 0 Å². The second-order valence-electron chi connectivity index (χ2n) is 6.20. The number of hydrogen-bond acceptors (Lipinski definition) is 7. The first-order valence-electron chi connectivity index (χ1n) is 8.73. The number of benzene rings is 1. The van der Waals surface area contributed by atoms with Gasteiger partial charge in [0.15, 0.2) is 0 Å². The van der Waals surface area contributed by atoms with Gasteiger partial charge in [-0.25, -0.2) is 18.1 Å². The topological polar surface area (TPSA) is 132 Å². The quantitative estimate of drug-likeness (QED) is 0.464. The number of amides is 1. The molecule has 0 saturated heterocycles. The van der Waals surface area contributed by atoms with E-state index in [0.29, 0.717) is 16.8 Å². The van der Waals surface area contributed by atoms with E-state index in [4.69, 9.17) is 0 Å². The number of hydrazone groups is 1. The van der Waals surface area contributed by atoms with E-state index in [-0.39, 0.29) is 30.2 Å². The van der Waals surface area contributed by atoms with E-state index in [0.717, 1.165) is 4.31 Å². The number of carboxylic acids is 1. The summed E-state index contributed by atoms with van der Waals surface area (Å²) in [7, 11) is -2.35. The van der Waals surface area contributed by atoms with Crippen molar-refractivity contribution in [2.24, 2.45) is 5.10 Å². The molecule has 9 nitrogen and oxygen atoms in total. The molecule has 0 atom stereocenters. The van der Waals surface area contributed by atoms with Crippen LogP contribution in [-0.2, 0) is 14.8 Å². The molecule has 2 rings (SSSR count). The highest BCUT2D eigenvalue weighted by atomic mass is 32.2. The number of sulfonamides is 1. The number of carbonyl (C=O) groups is 2. The summed E-state index contributed by atoms with van der Waals surface area (Å²) < 4.78 is 26.2. The summed E-state index contributed by atoms with van der Waals surface area (Å²) in [6, 6.07) is 9.15. The van der Waals surface area contributed by atoms with E-state index in [1.165, 1.54) is 31.6 Å². The van der Waals surface area contributed by atoms with Crippen LogP contribution in [0.5, 0.6) is 0 Å². The van der Waals surface area contributed by atoms with Gasteiger partial charge in [-0.1, -0.05) is 12.1 Å². The Bertz CT molecular complexity index is 989. The lowest BCUT2D eigenvalue weighted by Gasteiger charge is -2.17. The third-order valence-corrected chi connectivity index (χ3v) is 5.97. The lowest BCUT2D eigenvalue weighted by molar-refractivity contribution is -0.305. The first kappa shape index (κ1) is 22.2. The fraction of sp³-hybridized carbons (Fsp3) is 0.263. The summed E-state index contributed by atoms with van der Waals surface area (Å²) in [4.78, 5) is 26.4. The van der Waals surface area contributed by atoms with Gasteiger partial charge >= 0.3 is 0 Å². The molecule has 154 valence electrons. The normalized spacial score (nSPS) is 12.0. The molecule has 1 aromatic carbocycles. The van der Waals surface area contributed by atoms with Crippen molar-refractivity contribution < 1.29 is 23.1 Å². The van der Waals surface area contributed by atoms with Gasteiger partial charge in [0.05, 0.1) is 10.6 Å². The van der Waals surface area contributed by atoms with Crippen molar-refractivity contribution in [3.63, 3.8) is 0 Å². The Morgan fingerprint density at radius 2 is 1.72 bits per heavy atom. The summed E-state index contributed by atoms with van der Waals surface area (Å²) >= 11 is 0. The second kappa shape index (κ2) is 9.89. The average molecular weight is 417 g/mol. The average Bonchev–Trinajstić information content (AvgIpc) is 2.72. The lowest BCUT2D eigenvalue weighted by atomic mass is 10.1. The zero-order chi connectivity index (χ0) is 21.4. The Hall–Kier alpha value is -3.11. The van der Waals surface area contributed by atoms with Crippen LogP contribution in [0.2, 0.25) is 0 Å². The minimum Gasteiger partial charge on any atom is -0.550 e. The van der Waals surface area contributed by atoms with Gasteiger partial charge in [-0.05, 0) is 49.6 Å². The number of nitrogens with one attached hydrogen (secondary N) is 1. The monoisotopic (exact) mass is 417 g/mol. The third kappa shape index (κ3) is 6.19. The smallest absolute Gasteiger partial charge is 0.271 e. The van der Waals surface area contributed by atoms with Crippen molar-refractivity contribution in [2.75, 3.05) is 13.6 Å². The number of pyridine rings is 1. The first-order valence-corrected chi connectivity index (χ1v) is 10.2. The molecule has 0 radical (unpaired) electrons. The van der Waals surface area contributed by atoms with Gasteiger partial charge in [0, 0.05) is 37.5 Å². The number of carbonyl (C=O) groups excluding carboxylic acids is 2. The molecule has 0 aliphatic rings. The Morgan fingerprint density at radius 3 is 2.31 bits per heavy atom. The van der Waals surface area contributed by atoms with Crippen LogP contribution in [0.4, 0.5) is 0 Å². The summed E-state index contributed by atoms with van der Waals surface area (Å²) in [6.45, 7) is 1.75. The van der Waals surface area contributed by atoms with Crippen LogP contribution in [0.1, 0.15) is 35.7 Å². The fourth-order valence-electron chi connectivity index (χ4n) is 2.38. The molecule has 0 unspecified atom stereocenters. The van der Waals surface area contributed by atoms with Gasteiger partial charge in [0.1, 0.15) is 0 Å². The van der Waals surface area contributed by atoms with Gasteiger partial charge in [-0.15, -0.1) is 0 Å². The van der Waals surface area contributed by atoms with E-state index in [1.807, 2.05) is 0 Å². The van der Waals surface area contributed by atoms with E-state index in [2.05, 4.69) is 15.5 Å². The predicted octanol–water partition coefficient (Wildman–Crippen LogP) is 0.386. The summed E-state index contributed by atoms with van der Waals surface area (Å²) in [5, 5.41) is 14.5. The Labute approximate surface area is 169 Å². The maximum atomic E-state index is 12.5. The molecule has 0 spiro atoms. The second-order valence-corrected chi connectivity index (χ2v) is 8.25. The van der Waals surface area contributed by atoms with Gasteiger partial charge in [-0.2, -0.15) is 5.10 Å². The SMILES string of the molecule is C/C(=N/NC(=O)c1ccncc1)c1ccc(S(=O)(=O)N(C)CCCC(=O)[O-])cc1. The van der Waals surface area contributed by atoms with Crippen molar-refractivity contribution in [2.45, 2.75) is 24.7 Å². The van der Waals surface area contributed by atoms with Crippen LogP contribution in [0.25, 0.3) is 0 Å². The van der Waals surface area contributed by atoms with E-state index < -0.39 is 16.0 Å². The predicted molar refractivity (Wildman–Crippen MR) is 104 cm³/mol. The van der Waals surface area contributed by atoms with Crippen molar-refractivity contribution in [1.82, 2.24) is 14.7 Å². The maximum absolute atomic E-state index is 12.5. The molecule has 0 saturated carbocycles. The molecule has 1 heterocycles. The van der Waals surface area contributed by atoms with Crippen molar-refractivity contribution in [3.05, 3.63) is 59.9 Å². The number of carboxylic acid groups (broad SMARTS) is 1. The van der Waals surface area contributed by atoms with Crippen LogP contribution in [-0.4, -0.2) is 48.9 Å². The van der Waals surface area contributed by atoms with Crippen molar-refractivity contribution >= 4 is 27.6 Å². The summed E-state index contributed by atoms with van der Waals surface area (Å²) in [5.74, 6) is -1.60. The summed E-state index contributed by atoms with van der Waals surface area (Å²) in [6.07, 6.45) is 2.96. The van der Waals surface area contributed by atoms with E-state index >= 15 is 0 Å². The molecular weight excluding hydrogens is 396 g/mol. The maximum Gasteiger partial charge on any atom is 0.271 e. The molecule has 0 fully saturated rings. The van der Waals surface area contributed by atoms with E-state index in [9.17, 15) is 23.1 Å². The van der Waals surface area contributed by atoms with Crippen molar-refractivity contribution in [3.8, 4) is 0 Å². The van der Waals surface area contributed by atoms with Gasteiger partial charge < -0.3 is 9.90 Å². The number of aromatic nitrogens is 1. The van der Waals surface area contributed by atoms with Gasteiger partial charge in [0.25, 0.3) is 5.91 Å². The molecular formula is C19H21N4O5S-. The molecule has 1 amide bonds. The number of rotatable bonds is 9. The van der Waals surface area contributed by atoms with Crippen LogP contribution < -0.4 is 10.5 Å². The van der Waals surface area contributed by atoms with E-state index in [1.54, 1.807) is 31.2 Å². The molecule has 0 aliphatic carbocycles. The molecule has 29 heavy (non-hydrogen) atoms. The minimum atomic E-state index is -3.74. The highest BCUT2D eigenvalue weighted by Gasteiger charge is 2.20. The minimum absolute atomic E-state index is 0.0690. The lowest BCUT2D eigenvalue weighted by Crippen LogP contribution is -2.30. The molecule has 1 N–H and O–H groups in total. The molecule has 1 aromatic heterocycles. The standard InChI is InChI=1S/C19H22N4O5S/c1-14(21-22-19(26)16-9-11-20-12-10-16)15-5-7-17(8-6-15)29(27,28)23(2)13-3-4-18(24)25/h5-12H,3-4,13H2,1-2H3,(H,22,26)(H,24,25)/p-1/b21-14-. The molecule has 10 heteroatoms. The highest BCUT2D eigenvalue weighted by molar-refractivity contribution is 7.89. The van der Waals surface area contributed by atoms with Gasteiger partial charge in [0.2, 0.25) is 10.0 Å². The summed E-state index contributed by atoms with van der Waals surface area (Å²) in [5.41, 5.74) is 3.99. The van der Waals surface area contributed by atoms with Crippen LogP contribution in [0.15, 0.2) is 58.8 Å². The van der Waals surface area contributed by atoms with Crippen molar-refractivity contribution in [1.29, 1.82) is 0 Å². The molecule has 0 bridgehead atoms. The number of nitrogens with zero attached hydrogens (tertiary/aromatic N) is 3.